The molecule has 0 N–H and O–H groups in total. The smallest absolute Gasteiger partial charge is 0.315 e. The van der Waals surface area contributed by atoms with Gasteiger partial charge in [0.15, 0.2) is 17.3 Å². The summed E-state index contributed by atoms with van der Waals surface area (Å²) < 4.78 is 17.3. The normalized spacial score (nSPS) is 23.6. The van der Waals surface area contributed by atoms with Gasteiger partial charge in [-0.05, 0) is 51.3 Å². The first-order valence-corrected chi connectivity index (χ1v) is 10.3. The Bertz CT molecular complexity index is 918. The lowest BCUT2D eigenvalue weighted by Crippen LogP contribution is -2.38. The van der Waals surface area contributed by atoms with Crippen molar-refractivity contribution in [3.05, 3.63) is 33.4 Å². The van der Waals surface area contributed by atoms with Crippen LogP contribution in [0.2, 0.25) is 0 Å². The summed E-state index contributed by atoms with van der Waals surface area (Å²) in [6.45, 7) is 5.62. The van der Waals surface area contributed by atoms with E-state index in [0.717, 1.165) is 28.6 Å². The number of rotatable bonds is 3. The molecule has 0 saturated carbocycles. The summed E-state index contributed by atoms with van der Waals surface area (Å²) >= 11 is 3.61. The number of hydrogen-bond donors (Lipinski definition) is 0. The van der Waals surface area contributed by atoms with E-state index in [1.54, 1.807) is 0 Å². The van der Waals surface area contributed by atoms with Crippen LogP contribution < -0.4 is 9.47 Å². The van der Waals surface area contributed by atoms with E-state index in [2.05, 4.69) is 20.9 Å². The Morgan fingerprint density at radius 2 is 1.96 bits per heavy atom. The van der Waals surface area contributed by atoms with Gasteiger partial charge in [-0.25, -0.2) is 0 Å². The number of ketones is 1. The van der Waals surface area contributed by atoms with Gasteiger partial charge in [0, 0.05) is 33.8 Å². The fourth-order valence-corrected chi connectivity index (χ4v) is 4.69. The summed E-state index contributed by atoms with van der Waals surface area (Å²) in [5, 5.41) is 0. The topological polar surface area (TPSA) is 74.2 Å². The van der Waals surface area contributed by atoms with E-state index in [-0.39, 0.29) is 24.6 Å². The van der Waals surface area contributed by atoms with Crippen LogP contribution in [0.1, 0.15) is 51.5 Å². The Morgan fingerprint density at radius 3 is 2.68 bits per heavy atom. The van der Waals surface area contributed by atoms with Gasteiger partial charge in [-0.15, -0.1) is 0 Å². The van der Waals surface area contributed by atoms with Crippen LogP contribution >= 0.6 is 15.9 Å². The standard InChI is InChI=1S/C21H22BrNO5/c1-10(2)28-21(25)18-11(3)23-14-5-4-6-15(24)20(14)19(18)12-7-16-17(8-13(12)22)27-9-26-16/h7-8,10,18-19H,4-6,9H2,1-3H3/t18?,19-/m1/s1. The first-order valence-electron chi connectivity index (χ1n) is 9.47. The molecule has 0 saturated heterocycles. The second-order valence-electron chi connectivity index (χ2n) is 7.56. The van der Waals surface area contributed by atoms with Gasteiger partial charge < -0.3 is 14.2 Å². The summed E-state index contributed by atoms with van der Waals surface area (Å²) in [5.74, 6) is -0.178. The monoisotopic (exact) mass is 447 g/mol. The van der Waals surface area contributed by atoms with Crippen LogP contribution in [0, 0.1) is 5.92 Å². The Balaban J connectivity index is 1.88. The fourth-order valence-electron chi connectivity index (χ4n) is 4.12. The number of hydrogen-bond acceptors (Lipinski definition) is 6. The van der Waals surface area contributed by atoms with Crippen molar-refractivity contribution in [1.82, 2.24) is 0 Å². The highest BCUT2D eigenvalue weighted by atomic mass is 79.9. The summed E-state index contributed by atoms with van der Waals surface area (Å²) in [5.41, 5.74) is 2.90. The largest absolute Gasteiger partial charge is 0.462 e. The lowest BCUT2D eigenvalue weighted by Gasteiger charge is -2.35. The Hall–Kier alpha value is -2.15. The third-order valence-corrected chi connectivity index (χ3v) is 5.95. The van der Waals surface area contributed by atoms with Crippen LogP contribution in [0.25, 0.3) is 0 Å². The van der Waals surface area contributed by atoms with Gasteiger partial charge in [0.25, 0.3) is 0 Å². The average molecular weight is 448 g/mol. The third-order valence-electron chi connectivity index (χ3n) is 5.27. The maximum atomic E-state index is 13.0. The first-order chi connectivity index (χ1) is 13.4. The zero-order chi connectivity index (χ0) is 20.0. The number of benzene rings is 1. The van der Waals surface area contributed by atoms with Crippen molar-refractivity contribution >= 4 is 33.4 Å². The van der Waals surface area contributed by atoms with Crippen LogP contribution in [0.5, 0.6) is 11.5 Å². The number of ether oxygens (including phenoxy) is 3. The Morgan fingerprint density at radius 1 is 1.25 bits per heavy atom. The molecule has 0 amide bonds. The predicted octanol–water partition coefficient (Wildman–Crippen LogP) is 4.31. The number of halogens is 1. The van der Waals surface area contributed by atoms with E-state index in [4.69, 9.17) is 14.2 Å². The molecule has 2 atom stereocenters. The van der Waals surface area contributed by atoms with E-state index >= 15 is 0 Å². The van der Waals surface area contributed by atoms with Crippen LogP contribution in [0.4, 0.5) is 0 Å². The molecule has 1 aliphatic carbocycles. The zero-order valence-electron chi connectivity index (χ0n) is 16.1. The van der Waals surface area contributed by atoms with Crippen LogP contribution in [0.3, 0.4) is 0 Å². The van der Waals surface area contributed by atoms with Crippen molar-refractivity contribution in [2.75, 3.05) is 6.79 Å². The molecule has 148 valence electrons. The zero-order valence-corrected chi connectivity index (χ0v) is 17.7. The molecular weight excluding hydrogens is 426 g/mol. The van der Waals surface area contributed by atoms with Gasteiger partial charge in [-0.1, -0.05) is 15.9 Å². The van der Waals surface area contributed by atoms with Crippen LogP contribution in [-0.4, -0.2) is 30.4 Å². The third kappa shape index (κ3) is 3.26. The molecule has 2 aliphatic heterocycles. The minimum atomic E-state index is -0.653. The van der Waals surface area contributed by atoms with E-state index in [1.807, 2.05) is 32.9 Å². The van der Waals surface area contributed by atoms with Crippen molar-refractivity contribution in [3.63, 3.8) is 0 Å². The predicted molar refractivity (Wildman–Crippen MR) is 107 cm³/mol. The van der Waals surface area contributed by atoms with Gasteiger partial charge in [-0.3, -0.25) is 14.6 Å². The lowest BCUT2D eigenvalue weighted by molar-refractivity contribution is -0.150. The highest BCUT2D eigenvalue weighted by Gasteiger charge is 2.44. The molecular formula is C21H22BrNO5. The molecule has 6 nitrogen and oxygen atoms in total. The van der Waals surface area contributed by atoms with Gasteiger partial charge in [0.1, 0.15) is 5.92 Å². The molecule has 4 rings (SSSR count). The van der Waals surface area contributed by atoms with Crippen molar-refractivity contribution in [3.8, 4) is 11.5 Å². The quantitative estimate of drug-likeness (QED) is 0.645. The molecule has 0 bridgehead atoms. The van der Waals surface area contributed by atoms with E-state index in [0.29, 0.717) is 29.2 Å². The lowest BCUT2D eigenvalue weighted by atomic mass is 9.71. The number of Topliss-reactive ketones (excluding diaryl/α,β-unsaturated/α-hetero) is 1. The van der Waals surface area contributed by atoms with Crippen molar-refractivity contribution in [2.45, 2.75) is 52.1 Å². The minimum Gasteiger partial charge on any atom is -0.462 e. The second kappa shape index (κ2) is 7.35. The SMILES string of the molecule is CC1=NC2=C(C(=O)CCC2)[C@H](c2cc3c(cc2Br)OCO3)C1C(=O)OC(C)C. The van der Waals surface area contributed by atoms with Gasteiger partial charge in [-0.2, -0.15) is 0 Å². The number of fused-ring (bicyclic) bond motifs is 1. The maximum Gasteiger partial charge on any atom is 0.315 e. The van der Waals surface area contributed by atoms with Crippen molar-refractivity contribution in [2.24, 2.45) is 10.9 Å². The summed E-state index contributed by atoms with van der Waals surface area (Å²) in [6, 6.07) is 3.69. The van der Waals surface area contributed by atoms with Gasteiger partial charge >= 0.3 is 5.97 Å². The maximum absolute atomic E-state index is 13.0. The van der Waals surface area contributed by atoms with E-state index in [1.165, 1.54) is 0 Å². The molecule has 1 aromatic rings. The fraction of sp³-hybridized carbons (Fsp3) is 0.476. The van der Waals surface area contributed by atoms with E-state index in [9.17, 15) is 9.59 Å². The van der Waals surface area contributed by atoms with Crippen LogP contribution in [-0.2, 0) is 14.3 Å². The number of carbonyl (C=O) groups is 2. The van der Waals surface area contributed by atoms with Crippen molar-refractivity contribution < 1.29 is 23.8 Å². The summed E-state index contributed by atoms with van der Waals surface area (Å²) in [7, 11) is 0. The molecule has 0 fully saturated rings. The Kier molecular flexibility index (Phi) is 5.04. The highest BCUT2D eigenvalue weighted by Crippen LogP contribution is 2.48. The molecule has 0 radical (unpaired) electrons. The minimum absolute atomic E-state index is 0.0504. The molecule has 0 aromatic heterocycles. The number of aliphatic imine (C=N–C) groups is 1. The van der Waals surface area contributed by atoms with Crippen LogP contribution in [0.15, 0.2) is 32.9 Å². The molecule has 2 heterocycles. The van der Waals surface area contributed by atoms with Crippen molar-refractivity contribution in [1.29, 1.82) is 0 Å². The Labute approximate surface area is 172 Å². The number of esters is 1. The summed E-state index contributed by atoms with van der Waals surface area (Å²) in [4.78, 5) is 30.6. The van der Waals surface area contributed by atoms with Gasteiger partial charge in [0.2, 0.25) is 6.79 Å². The number of allylic oxidation sites excluding steroid dienone is 2. The summed E-state index contributed by atoms with van der Waals surface area (Å²) in [6.07, 6.45) is 1.74. The highest BCUT2D eigenvalue weighted by molar-refractivity contribution is 9.10. The molecule has 1 aromatic carbocycles. The second-order valence-corrected chi connectivity index (χ2v) is 8.41. The molecule has 0 spiro atoms. The molecule has 28 heavy (non-hydrogen) atoms. The number of nitrogens with zero attached hydrogens (tertiary/aromatic N) is 1. The molecule has 1 unspecified atom stereocenters. The first kappa shape index (κ1) is 19.2. The van der Waals surface area contributed by atoms with Gasteiger partial charge in [0.05, 0.1) is 6.10 Å². The average Bonchev–Trinajstić information content (AvgIpc) is 3.06. The molecule has 3 aliphatic rings. The molecule has 7 heteroatoms. The van der Waals surface area contributed by atoms with E-state index < -0.39 is 11.8 Å². The number of carbonyl (C=O) groups excluding carboxylic acids is 2.